The molecule has 1 saturated carbocycles. The minimum atomic E-state index is -0.528. The molecule has 42 heavy (non-hydrogen) atoms. The zero-order valence-corrected chi connectivity index (χ0v) is 23.7. The molecule has 3 fully saturated rings. The fourth-order valence-corrected chi connectivity index (χ4v) is 5.28. The molecule has 2 aromatic carbocycles. The van der Waals surface area contributed by atoms with E-state index < -0.39 is 11.4 Å². The molecule has 220 valence electrons. The minimum Gasteiger partial charge on any atom is -0.491 e. The standard InChI is InChI=1S/C30H31ClFN5O5/c31-22-12-20(5-6-23(22)32)35-29-21-13-25(26(41-15-19-3-4-19)14-24(21)33-18-34-29)36-27(38)2-1-9-37-10-7-30(8-11-37)17-40-16-28(39)42-30/h1-2,5-6,12-14,18-19H,3-4,7-11,15-17H2,(H,36,38)(H,33,34,35)/b2-1+. The van der Waals surface area contributed by atoms with Crippen molar-refractivity contribution in [3.05, 3.63) is 59.7 Å². The van der Waals surface area contributed by atoms with Gasteiger partial charge >= 0.3 is 5.97 Å². The van der Waals surface area contributed by atoms with Crippen molar-refractivity contribution in [2.45, 2.75) is 31.3 Å². The summed E-state index contributed by atoms with van der Waals surface area (Å²) in [4.78, 5) is 35.6. The van der Waals surface area contributed by atoms with Gasteiger partial charge in [-0.1, -0.05) is 17.7 Å². The number of benzene rings is 2. The molecule has 1 amide bonds. The number of rotatable bonds is 9. The zero-order valence-electron chi connectivity index (χ0n) is 22.9. The summed E-state index contributed by atoms with van der Waals surface area (Å²) >= 11 is 5.95. The smallest absolute Gasteiger partial charge is 0.332 e. The van der Waals surface area contributed by atoms with Gasteiger partial charge in [0.15, 0.2) is 0 Å². The first-order valence-corrected chi connectivity index (χ1v) is 14.4. The van der Waals surface area contributed by atoms with E-state index in [4.69, 9.17) is 25.8 Å². The number of hydrogen-bond acceptors (Lipinski definition) is 9. The van der Waals surface area contributed by atoms with E-state index >= 15 is 0 Å². The van der Waals surface area contributed by atoms with Crippen LogP contribution in [0.25, 0.3) is 10.9 Å². The lowest BCUT2D eigenvalue weighted by Crippen LogP contribution is -2.53. The van der Waals surface area contributed by atoms with Gasteiger partial charge in [-0.2, -0.15) is 0 Å². The van der Waals surface area contributed by atoms with Gasteiger partial charge in [0.05, 0.1) is 29.4 Å². The second-order valence-corrected chi connectivity index (χ2v) is 11.3. The van der Waals surface area contributed by atoms with Gasteiger partial charge in [0.2, 0.25) is 5.91 Å². The summed E-state index contributed by atoms with van der Waals surface area (Å²) in [5.74, 6) is 0.386. The van der Waals surface area contributed by atoms with Crippen LogP contribution in [0.1, 0.15) is 25.7 Å². The van der Waals surface area contributed by atoms with E-state index in [2.05, 4.69) is 25.5 Å². The summed E-state index contributed by atoms with van der Waals surface area (Å²) in [6.45, 7) is 3.07. The number of carbonyl (C=O) groups is 2. The van der Waals surface area contributed by atoms with E-state index in [1.165, 1.54) is 24.5 Å². The molecule has 2 N–H and O–H groups in total. The minimum absolute atomic E-state index is 0.00985. The molecule has 0 unspecified atom stereocenters. The average Bonchev–Trinajstić information content (AvgIpc) is 3.80. The lowest BCUT2D eigenvalue weighted by Gasteiger charge is -2.42. The van der Waals surface area contributed by atoms with Crippen molar-refractivity contribution < 1.29 is 28.2 Å². The van der Waals surface area contributed by atoms with Crippen LogP contribution in [-0.2, 0) is 19.1 Å². The van der Waals surface area contributed by atoms with Crippen molar-refractivity contribution in [3.8, 4) is 5.75 Å². The van der Waals surface area contributed by atoms with Crippen molar-refractivity contribution in [2.75, 3.05) is 50.1 Å². The fourth-order valence-electron chi connectivity index (χ4n) is 5.10. The van der Waals surface area contributed by atoms with Crippen LogP contribution in [-0.4, -0.2) is 71.8 Å². The molecular weight excluding hydrogens is 565 g/mol. The van der Waals surface area contributed by atoms with Gasteiger partial charge in [0.1, 0.15) is 35.9 Å². The van der Waals surface area contributed by atoms with Gasteiger partial charge in [-0.3, -0.25) is 9.69 Å². The largest absolute Gasteiger partial charge is 0.491 e. The molecule has 1 spiro atoms. The zero-order chi connectivity index (χ0) is 29.1. The highest BCUT2D eigenvalue weighted by Gasteiger charge is 2.41. The molecule has 0 atom stereocenters. The summed E-state index contributed by atoms with van der Waals surface area (Å²) in [7, 11) is 0. The van der Waals surface area contributed by atoms with Crippen LogP contribution >= 0.6 is 11.6 Å². The first kappa shape index (κ1) is 28.3. The monoisotopic (exact) mass is 595 g/mol. The highest BCUT2D eigenvalue weighted by Crippen LogP contribution is 2.36. The molecule has 10 nitrogen and oxygen atoms in total. The maximum absolute atomic E-state index is 13.7. The van der Waals surface area contributed by atoms with Crippen LogP contribution in [0.15, 0.2) is 48.8 Å². The van der Waals surface area contributed by atoms with Crippen LogP contribution < -0.4 is 15.4 Å². The van der Waals surface area contributed by atoms with Gasteiger partial charge in [-0.15, -0.1) is 0 Å². The predicted molar refractivity (Wildman–Crippen MR) is 156 cm³/mol. The van der Waals surface area contributed by atoms with Gasteiger partial charge in [0.25, 0.3) is 0 Å². The average molecular weight is 596 g/mol. The van der Waals surface area contributed by atoms with Gasteiger partial charge in [-0.25, -0.2) is 19.2 Å². The number of amides is 1. The molecule has 3 aromatic rings. The van der Waals surface area contributed by atoms with Crippen molar-refractivity contribution >= 4 is 51.6 Å². The Morgan fingerprint density at radius 2 is 2.05 bits per heavy atom. The molecule has 1 aliphatic carbocycles. The van der Waals surface area contributed by atoms with Gasteiger partial charge in [0, 0.05) is 55.7 Å². The molecule has 2 aliphatic heterocycles. The molecule has 0 bridgehead atoms. The number of halogens is 2. The second kappa shape index (κ2) is 12.2. The third kappa shape index (κ3) is 6.80. The predicted octanol–water partition coefficient (Wildman–Crippen LogP) is 4.86. The van der Waals surface area contributed by atoms with Crippen LogP contribution in [0, 0.1) is 11.7 Å². The Labute approximate surface area is 247 Å². The molecule has 1 aromatic heterocycles. The third-order valence-electron chi connectivity index (χ3n) is 7.66. The second-order valence-electron chi connectivity index (χ2n) is 10.9. The van der Waals surface area contributed by atoms with E-state index in [-0.39, 0.29) is 23.5 Å². The van der Waals surface area contributed by atoms with E-state index in [9.17, 15) is 14.0 Å². The van der Waals surface area contributed by atoms with Crippen molar-refractivity contribution in [3.63, 3.8) is 0 Å². The number of esters is 1. The number of nitrogens with one attached hydrogen (secondary N) is 2. The lowest BCUT2D eigenvalue weighted by atomic mass is 9.91. The Hall–Kier alpha value is -3.80. The SMILES string of the molecule is O=C(/C=C/CN1CCC2(CC1)COCC(=O)O2)Nc1cc2c(Nc3ccc(F)c(Cl)c3)ncnc2cc1OCC1CC1. The van der Waals surface area contributed by atoms with Crippen molar-refractivity contribution in [1.29, 1.82) is 0 Å². The first-order valence-electron chi connectivity index (χ1n) is 14.0. The quantitative estimate of drug-likeness (QED) is 0.264. The number of ether oxygens (including phenoxy) is 3. The van der Waals surface area contributed by atoms with Gasteiger partial charge < -0.3 is 24.8 Å². The van der Waals surface area contributed by atoms with E-state index in [0.29, 0.717) is 72.4 Å². The van der Waals surface area contributed by atoms with E-state index in [1.54, 1.807) is 18.2 Å². The number of likely N-dealkylation sites (tertiary alicyclic amines) is 1. The van der Waals surface area contributed by atoms with Crippen LogP contribution in [0.4, 0.5) is 21.6 Å². The summed E-state index contributed by atoms with van der Waals surface area (Å²) in [6.07, 6.45) is 8.39. The maximum atomic E-state index is 13.7. The number of hydrogen-bond donors (Lipinski definition) is 2. The van der Waals surface area contributed by atoms with E-state index in [1.807, 2.05) is 6.08 Å². The van der Waals surface area contributed by atoms with Crippen LogP contribution in [0.3, 0.4) is 0 Å². The number of nitrogens with zero attached hydrogens (tertiary/aromatic N) is 3. The lowest BCUT2D eigenvalue weighted by molar-refractivity contribution is -0.197. The molecule has 6 rings (SSSR count). The molecule has 2 saturated heterocycles. The number of fused-ring (bicyclic) bond motifs is 1. The summed E-state index contributed by atoms with van der Waals surface area (Å²) < 4.78 is 30.7. The Morgan fingerprint density at radius 3 is 2.81 bits per heavy atom. The Balaban J connectivity index is 1.14. The highest BCUT2D eigenvalue weighted by molar-refractivity contribution is 6.31. The van der Waals surface area contributed by atoms with E-state index in [0.717, 1.165) is 25.9 Å². The van der Waals surface area contributed by atoms with Crippen molar-refractivity contribution in [2.24, 2.45) is 5.92 Å². The number of piperidine rings is 1. The molecular formula is C30H31ClFN5O5. The molecule has 3 heterocycles. The summed E-state index contributed by atoms with van der Waals surface area (Å²) in [5, 5.41) is 6.74. The Morgan fingerprint density at radius 1 is 1.21 bits per heavy atom. The fraction of sp³-hybridized carbons (Fsp3) is 0.400. The Kier molecular flexibility index (Phi) is 8.23. The van der Waals surface area contributed by atoms with Crippen LogP contribution in [0.5, 0.6) is 5.75 Å². The highest BCUT2D eigenvalue weighted by atomic mass is 35.5. The van der Waals surface area contributed by atoms with Crippen LogP contribution in [0.2, 0.25) is 5.02 Å². The number of aromatic nitrogens is 2. The molecule has 12 heteroatoms. The third-order valence-corrected chi connectivity index (χ3v) is 7.95. The Bertz CT molecular complexity index is 1520. The normalized spacial score (nSPS) is 18.8. The number of carbonyl (C=O) groups excluding carboxylic acids is 2. The maximum Gasteiger partial charge on any atom is 0.332 e. The molecule has 3 aliphatic rings. The summed E-state index contributed by atoms with van der Waals surface area (Å²) in [5.41, 5.74) is 1.14. The topological polar surface area (TPSA) is 115 Å². The van der Waals surface area contributed by atoms with Crippen molar-refractivity contribution in [1.82, 2.24) is 14.9 Å². The number of anilines is 3. The van der Waals surface area contributed by atoms with Gasteiger partial charge in [-0.05, 0) is 43.0 Å². The molecule has 0 radical (unpaired) electrons. The summed E-state index contributed by atoms with van der Waals surface area (Å²) in [6, 6.07) is 7.87. The first-order chi connectivity index (χ1) is 20.4.